The fourth-order valence-electron chi connectivity index (χ4n) is 3.89. The Kier molecular flexibility index (Phi) is 4.58. The topological polar surface area (TPSA) is 36.1 Å². The highest BCUT2D eigenvalue weighted by Gasteiger charge is 2.23. The highest BCUT2D eigenvalue weighted by atomic mass is 16.1. The van der Waals surface area contributed by atoms with Crippen LogP contribution >= 0.6 is 0 Å². The molecule has 1 N–H and O–H groups in total. The zero-order chi connectivity index (χ0) is 16.6. The molecule has 1 fully saturated rings. The number of aryl methyl sites for hydroxylation is 3. The third kappa shape index (κ3) is 2.94. The lowest BCUT2D eigenvalue weighted by molar-refractivity contribution is 0.135. The molecular formula is C20H28N2O. The van der Waals surface area contributed by atoms with Crippen LogP contribution in [0.5, 0.6) is 0 Å². The van der Waals surface area contributed by atoms with Gasteiger partial charge in [0.2, 0.25) is 0 Å². The van der Waals surface area contributed by atoms with Crippen LogP contribution in [0.3, 0.4) is 0 Å². The second kappa shape index (κ2) is 6.48. The standard InChI is InChI=1S/C20H28N2O/c1-5-16-8-6-7-11-22(16)12-18-15(4)21-19-14(3)13(2)9-10-17(19)20(18)23/h9-10,16H,5-8,11-12H2,1-4H3,(H,21,23). The highest BCUT2D eigenvalue weighted by molar-refractivity contribution is 5.83. The third-order valence-electron chi connectivity index (χ3n) is 5.60. The fraction of sp³-hybridized carbons (Fsp3) is 0.550. The Morgan fingerprint density at radius 3 is 2.74 bits per heavy atom. The number of nitrogens with zero attached hydrogens (tertiary/aromatic N) is 1. The molecule has 1 aromatic carbocycles. The van der Waals surface area contributed by atoms with Gasteiger partial charge in [-0.15, -0.1) is 0 Å². The van der Waals surface area contributed by atoms with Crippen LogP contribution in [0.2, 0.25) is 0 Å². The second-order valence-electron chi connectivity index (χ2n) is 7.02. The molecule has 2 aromatic rings. The number of pyridine rings is 1. The van der Waals surface area contributed by atoms with Gasteiger partial charge in [-0.25, -0.2) is 0 Å². The molecular weight excluding hydrogens is 284 g/mol. The minimum Gasteiger partial charge on any atom is -0.358 e. The summed E-state index contributed by atoms with van der Waals surface area (Å²) in [5.74, 6) is 0. The summed E-state index contributed by atoms with van der Waals surface area (Å²) in [5, 5.41) is 0.832. The van der Waals surface area contributed by atoms with Gasteiger partial charge in [0.15, 0.2) is 5.43 Å². The Morgan fingerprint density at radius 1 is 1.22 bits per heavy atom. The van der Waals surface area contributed by atoms with Gasteiger partial charge in [-0.2, -0.15) is 0 Å². The lowest BCUT2D eigenvalue weighted by Gasteiger charge is -2.35. The maximum Gasteiger partial charge on any atom is 0.194 e. The SMILES string of the molecule is CCC1CCCCN1Cc1c(C)[nH]c2c(C)c(C)ccc2c1=O. The Labute approximate surface area is 138 Å². The predicted octanol–water partition coefficient (Wildman–Crippen LogP) is 4.22. The van der Waals surface area contributed by atoms with Crippen molar-refractivity contribution >= 4 is 10.9 Å². The van der Waals surface area contributed by atoms with E-state index in [1.807, 2.05) is 13.0 Å². The molecule has 23 heavy (non-hydrogen) atoms. The molecule has 1 aliphatic rings. The summed E-state index contributed by atoms with van der Waals surface area (Å²) >= 11 is 0. The first-order chi connectivity index (χ1) is 11.0. The number of benzene rings is 1. The minimum atomic E-state index is 0.208. The first kappa shape index (κ1) is 16.3. The van der Waals surface area contributed by atoms with Crippen molar-refractivity contribution in [3.63, 3.8) is 0 Å². The summed E-state index contributed by atoms with van der Waals surface area (Å²) in [6, 6.07) is 4.66. The summed E-state index contributed by atoms with van der Waals surface area (Å²) in [6.45, 7) is 10.4. The Morgan fingerprint density at radius 2 is 2.00 bits per heavy atom. The first-order valence-corrected chi connectivity index (χ1v) is 8.88. The van der Waals surface area contributed by atoms with E-state index in [-0.39, 0.29) is 5.43 Å². The maximum absolute atomic E-state index is 13.0. The molecule has 124 valence electrons. The van der Waals surface area contributed by atoms with Crippen LogP contribution < -0.4 is 5.43 Å². The van der Waals surface area contributed by atoms with E-state index in [0.29, 0.717) is 6.04 Å². The number of likely N-dealkylation sites (tertiary alicyclic amines) is 1. The van der Waals surface area contributed by atoms with Gasteiger partial charge < -0.3 is 4.98 Å². The van der Waals surface area contributed by atoms with Crippen LogP contribution in [-0.2, 0) is 6.54 Å². The predicted molar refractivity (Wildman–Crippen MR) is 97.1 cm³/mol. The lowest BCUT2D eigenvalue weighted by Crippen LogP contribution is -2.39. The zero-order valence-corrected chi connectivity index (χ0v) is 14.8. The van der Waals surface area contributed by atoms with E-state index >= 15 is 0 Å². The Hall–Kier alpha value is -1.61. The largest absolute Gasteiger partial charge is 0.358 e. The third-order valence-corrected chi connectivity index (χ3v) is 5.60. The van der Waals surface area contributed by atoms with Crippen molar-refractivity contribution in [1.29, 1.82) is 0 Å². The van der Waals surface area contributed by atoms with Crippen LogP contribution in [0.1, 0.15) is 55.0 Å². The summed E-state index contributed by atoms with van der Waals surface area (Å²) in [4.78, 5) is 19.0. The van der Waals surface area contributed by atoms with Crippen LogP contribution in [0.25, 0.3) is 10.9 Å². The van der Waals surface area contributed by atoms with E-state index in [1.165, 1.54) is 36.8 Å². The van der Waals surface area contributed by atoms with Crippen molar-refractivity contribution < 1.29 is 0 Å². The average Bonchev–Trinajstić information content (AvgIpc) is 2.55. The number of nitrogens with one attached hydrogen (secondary N) is 1. The van der Waals surface area contributed by atoms with Crippen molar-refractivity contribution in [1.82, 2.24) is 9.88 Å². The van der Waals surface area contributed by atoms with Crippen molar-refractivity contribution in [2.45, 2.75) is 66.0 Å². The zero-order valence-electron chi connectivity index (χ0n) is 14.8. The summed E-state index contributed by atoms with van der Waals surface area (Å²) in [5.41, 5.74) is 5.58. The van der Waals surface area contributed by atoms with Gasteiger partial charge in [-0.05, 0) is 63.8 Å². The summed E-state index contributed by atoms with van der Waals surface area (Å²) in [6.07, 6.45) is 5.00. The molecule has 0 spiro atoms. The Balaban J connectivity index is 2.04. The van der Waals surface area contributed by atoms with Gasteiger partial charge in [0, 0.05) is 29.2 Å². The van der Waals surface area contributed by atoms with Crippen molar-refractivity contribution in [3.05, 3.63) is 44.7 Å². The quantitative estimate of drug-likeness (QED) is 0.921. The highest BCUT2D eigenvalue weighted by Crippen LogP contribution is 2.23. The van der Waals surface area contributed by atoms with Crippen molar-refractivity contribution in [2.75, 3.05) is 6.54 Å². The van der Waals surface area contributed by atoms with E-state index in [4.69, 9.17) is 0 Å². The normalized spacial score (nSPS) is 19.4. The van der Waals surface area contributed by atoms with E-state index in [1.54, 1.807) is 0 Å². The molecule has 1 saturated heterocycles. The van der Waals surface area contributed by atoms with Gasteiger partial charge in [-0.1, -0.05) is 19.4 Å². The smallest absolute Gasteiger partial charge is 0.194 e. The molecule has 0 bridgehead atoms. The number of rotatable bonds is 3. The molecule has 0 radical (unpaired) electrons. The van der Waals surface area contributed by atoms with Crippen LogP contribution in [0, 0.1) is 20.8 Å². The second-order valence-corrected chi connectivity index (χ2v) is 7.02. The minimum absolute atomic E-state index is 0.208. The van der Waals surface area contributed by atoms with Gasteiger partial charge >= 0.3 is 0 Å². The molecule has 2 heterocycles. The fourth-order valence-corrected chi connectivity index (χ4v) is 3.89. The number of aromatic amines is 1. The number of H-pyrrole nitrogens is 1. The first-order valence-electron chi connectivity index (χ1n) is 8.88. The van der Waals surface area contributed by atoms with Crippen molar-refractivity contribution in [3.8, 4) is 0 Å². The number of hydrogen-bond acceptors (Lipinski definition) is 2. The molecule has 3 nitrogen and oxygen atoms in total. The molecule has 1 aliphatic heterocycles. The van der Waals surface area contributed by atoms with Crippen LogP contribution in [0.4, 0.5) is 0 Å². The number of fused-ring (bicyclic) bond motifs is 1. The molecule has 0 amide bonds. The molecule has 1 atom stereocenters. The van der Waals surface area contributed by atoms with Crippen LogP contribution in [0.15, 0.2) is 16.9 Å². The Bertz CT molecular complexity index is 775. The molecule has 3 rings (SSSR count). The van der Waals surface area contributed by atoms with Gasteiger partial charge in [0.05, 0.1) is 5.52 Å². The van der Waals surface area contributed by atoms with E-state index in [2.05, 4.69) is 36.7 Å². The van der Waals surface area contributed by atoms with Gasteiger partial charge in [0.25, 0.3) is 0 Å². The molecule has 0 aliphatic carbocycles. The summed E-state index contributed by atoms with van der Waals surface area (Å²) in [7, 11) is 0. The molecule has 1 unspecified atom stereocenters. The summed E-state index contributed by atoms with van der Waals surface area (Å²) < 4.78 is 0. The van der Waals surface area contributed by atoms with E-state index < -0.39 is 0 Å². The molecule has 1 aromatic heterocycles. The average molecular weight is 312 g/mol. The number of aromatic nitrogens is 1. The van der Waals surface area contributed by atoms with Crippen molar-refractivity contribution in [2.24, 2.45) is 0 Å². The van der Waals surface area contributed by atoms with E-state index in [0.717, 1.165) is 35.2 Å². The maximum atomic E-state index is 13.0. The number of piperidine rings is 1. The van der Waals surface area contributed by atoms with Crippen LogP contribution in [-0.4, -0.2) is 22.5 Å². The van der Waals surface area contributed by atoms with E-state index in [9.17, 15) is 4.79 Å². The monoisotopic (exact) mass is 312 g/mol. The van der Waals surface area contributed by atoms with Gasteiger partial charge in [0.1, 0.15) is 0 Å². The molecule has 3 heteroatoms. The lowest BCUT2D eigenvalue weighted by atomic mass is 9.98. The van der Waals surface area contributed by atoms with Gasteiger partial charge in [-0.3, -0.25) is 9.69 Å². The molecule has 0 saturated carbocycles. The number of hydrogen-bond donors (Lipinski definition) is 1.